The van der Waals surface area contributed by atoms with Crippen molar-refractivity contribution >= 4 is 11.6 Å². The molecule has 2 rings (SSSR count). The summed E-state index contributed by atoms with van der Waals surface area (Å²) in [4.78, 5) is 25.4. The second-order valence-electron chi connectivity index (χ2n) is 6.38. The topological polar surface area (TPSA) is 84.7 Å². The summed E-state index contributed by atoms with van der Waals surface area (Å²) < 4.78 is 5.38. The molecule has 1 heterocycles. The maximum atomic E-state index is 12.5. The predicted octanol–water partition coefficient (Wildman–Crippen LogP) is 1.99. The van der Waals surface area contributed by atoms with Gasteiger partial charge in [-0.05, 0) is 18.9 Å². The fraction of sp³-hybridized carbons (Fsp3) is 0.588. The molecule has 1 unspecified atom stereocenters. The Labute approximate surface area is 142 Å². The lowest BCUT2D eigenvalue weighted by Gasteiger charge is -2.36. The molecular weight excluding hydrogens is 310 g/mol. The van der Waals surface area contributed by atoms with Gasteiger partial charge >= 0.3 is 0 Å². The highest BCUT2D eigenvalue weighted by Gasteiger charge is 2.25. The Hall–Kier alpha value is -1.99. The molecule has 1 atom stereocenters. The van der Waals surface area contributed by atoms with Gasteiger partial charge < -0.3 is 10.1 Å². The number of nitrogens with one attached hydrogen (secondary N) is 1. The van der Waals surface area contributed by atoms with Gasteiger partial charge in [0.15, 0.2) is 0 Å². The third-order valence-electron chi connectivity index (χ3n) is 4.50. The number of hydrogen-bond acceptors (Lipinski definition) is 5. The van der Waals surface area contributed by atoms with E-state index in [0.717, 1.165) is 13.1 Å². The molecule has 1 aliphatic rings. The molecule has 0 radical (unpaired) electrons. The summed E-state index contributed by atoms with van der Waals surface area (Å²) in [6, 6.07) is 4.80. The van der Waals surface area contributed by atoms with Gasteiger partial charge in [-0.2, -0.15) is 0 Å². The van der Waals surface area contributed by atoms with E-state index in [9.17, 15) is 14.9 Å². The van der Waals surface area contributed by atoms with Gasteiger partial charge in [0.05, 0.1) is 18.1 Å². The van der Waals surface area contributed by atoms with Crippen molar-refractivity contribution < 1.29 is 14.5 Å². The van der Waals surface area contributed by atoms with E-state index >= 15 is 0 Å². The third kappa shape index (κ3) is 4.30. The van der Waals surface area contributed by atoms with Gasteiger partial charge in [0, 0.05) is 42.9 Å². The first-order valence-electron chi connectivity index (χ1n) is 8.25. The number of ether oxygens (including phenoxy) is 1. The minimum Gasteiger partial charge on any atom is -0.379 e. The van der Waals surface area contributed by atoms with Crippen LogP contribution in [0, 0.1) is 23.0 Å². The van der Waals surface area contributed by atoms with Crippen molar-refractivity contribution in [3.8, 4) is 0 Å². The Morgan fingerprint density at radius 3 is 2.62 bits per heavy atom. The van der Waals surface area contributed by atoms with Crippen LogP contribution in [0.4, 0.5) is 5.69 Å². The van der Waals surface area contributed by atoms with E-state index in [2.05, 4.69) is 24.1 Å². The molecule has 1 aliphatic heterocycles. The van der Waals surface area contributed by atoms with Gasteiger partial charge in [-0.15, -0.1) is 0 Å². The zero-order valence-corrected chi connectivity index (χ0v) is 14.4. The number of nitro groups is 1. The van der Waals surface area contributed by atoms with Crippen LogP contribution in [0.3, 0.4) is 0 Å². The number of nitro benzene ring substituents is 1. The molecule has 7 nitrogen and oxygen atoms in total. The molecule has 132 valence electrons. The van der Waals surface area contributed by atoms with E-state index in [4.69, 9.17) is 4.74 Å². The Balaban J connectivity index is 2.05. The van der Waals surface area contributed by atoms with Crippen LogP contribution in [0.2, 0.25) is 0 Å². The average molecular weight is 335 g/mol. The van der Waals surface area contributed by atoms with Crippen LogP contribution in [0.1, 0.15) is 29.8 Å². The van der Waals surface area contributed by atoms with E-state index in [1.165, 1.54) is 6.07 Å². The van der Waals surface area contributed by atoms with Crippen LogP contribution in [-0.4, -0.2) is 54.6 Å². The van der Waals surface area contributed by atoms with Crippen LogP contribution < -0.4 is 5.32 Å². The summed E-state index contributed by atoms with van der Waals surface area (Å²) >= 11 is 0. The highest BCUT2D eigenvalue weighted by atomic mass is 16.6. The number of carbonyl (C=O) groups is 1. The molecule has 1 fully saturated rings. The lowest BCUT2D eigenvalue weighted by molar-refractivity contribution is -0.385. The van der Waals surface area contributed by atoms with Crippen molar-refractivity contribution in [2.45, 2.75) is 26.8 Å². The van der Waals surface area contributed by atoms with Crippen molar-refractivity contribution in [3.63, 3.8) is 0 Å². The van der Waals surface area contributed by atoms with Crippen molar-refractivity contribution in [3.05, 3.63) is 39.4 Å². The van der Waals surface area contributed by atoms with Crippen LogP contribution in [-0.2, 0) is 4.74 Å². The number of amides is 1. The quantitative estimate of drug-likeness (QED) is 0.635. The maximum absolute atomic E-state index is 12.5. The zero-order chi connectivity index (χ0) is 17.7. The molecule has 0 aliphatic carbocycles. The van der Waals surface area contributed by atoms with Gasteiger partial charge in [-0.1, -0.05) is 19.9 Å². The number of carbonyl (C=O) groups excluding carboxylic acids is 1. The molecule has 7 heteroatoms. The van der Waals surface area contributed by atoms with Crippen molar-refractivity contribution in [2.24, 2.45) is 5.92 Å². The first-order valence-corrected chi connectivity index (χ1v) is 8.25. The Kier molecular flexibility index (Phi) is 6.28. The summed E-state index contributed by atoms with van der Waals surface area (Å²) in [5.41, 5.74) is 0.720. The summed E-state index contributed by atoms with van der Waals surface area (Å²) in [6.45, 7) is 9.51. The monoisotopic (exact) mass is 335 g/mol. The fourth-order valence-corrected chi connectivity index (χ4v) is 3.06. The van der Waals surface area contributed by atoms with Gasteiger partial charge in [0.1, 0.15) is 0 Å². The summed E-state index contributed by atoms with van der Waals surface area (Å²) in [5.74, 6) is 0.115. The summed E-state index contributed by atoms with van der Waals surface area (Å²) in [6.07, 6.45) is 0. The van der Waals surface area contributed by atoms with Gasteiger partial charge in [0.2, 0.25) is 0 Å². The van der Waals surface area contributed by atoms with Crippen LogP contribution in [0.15, 0.2) is 18.2 Å². The van der Waals surface area contributed by atoms with E-state index in [0.29, 0.717) is 36.8 Å². The first kappa shape index (κ1) is 18.4. The second-order valence-corrected chi connectivity index (χ2v) is 6.38. The van der Waals surface area contributed by atoms with Crippen molar-refractivity contribution in [1.82, 2.24) is 10.2 Å². The Morgan fingerprint density at radius 2 is 2.04 bits per heavy atom. The first-order chi connectivity index (χ1) is 11.4. The average Bonchev–Trinajstić information content (AvgIpc) is 2.55. The Morgan fingerprint density at radius 1 is 1.38 bits per heavy atom. The van der Waals surface area contributed by atoms with E-state index in [-0.39, 0.29) is 17.6 Å². The Bertz CT molecular complexity index is 597. The molecular formula is C17H25N3O4. The molecule has 0 aromatic heterocycles. The molecule has 0 spiro atoms. The molecule has 1 amide bonds. The van der Waals surface area contributed by atoms with Gasteiger partial charge in [-0.25, -0.2) is 0 Å². The summed E-state index contributed by atoms with van der Waals surface area (Å²) in [5, 5.41) is 14.0. The van der Waals surface area contributed by atoms with Gasteiger partial charge in [0.25, 0.3) is 11.6 Å². The molecule has 0 bridgehead atoms. The normalized spacial score (nSPS) is 16.8. The van der Waals surface area contributed by atoms with Gasteiger partial charge in [-0.3, -0.25) is 19.8 Å². The molecule has 0 saturated carbocycles. The van der Waals surface area contributed by atoms with Crippen LogP contribution in [0.25, 0.3) is 0 Å². The van der Waals surface area contributed by atoms with Crippen LogP contribution >= 0.6 is 0 Å². The number of benzene rings is 1. The van der Waals surface area contributed by atoms with E-state index < -0.39 is 4.92 Å². The standard InChI is InChI=1S/C17H25N3O4/c1-12(2)16(19-7-9-24-10-8-19)11-18-17(21)14-5-4-6-15(13(14)3)20(22)23/h4-6,12,16H,7-11H2,1-3H3,(H,18,21). The van der Waals surface area contributed by atoms with Crippen LogP contribution in [0.5, 0.6) is 0 Å². The van der Waals surface area contributed by atoms with Crippen molar-refractivity contribution in [2.75, 3.05) is 32.8 Å². The molecule has 1 aromatic rings. The SMILES string of the molecule is Cc1c(C(=O)NCC(C(C)C)N2CCOCC2)cccc1[N+](=O)[O-]. The molecule has 24 heavy (non-hydrogen) atoms. The predicted molar refractivity (Wildman–Crippen MR) is 91.2 cm³/mol. The second kappa shape index (κ2) is 8.21. The summed E-state index contributed by atoms with van der Waals surface area (Å²) in [7, 11) is 0. The van der Waals surface area contributed by atoms with E-state index in [1.807, 2.05) is 0 Å². The smallest absolute Gasteiger partial charge is 0.273 e. The maximum Gasteiger partial charge on any atom is 0.273 e. The zero-order valence-electron chi connectivity index (χ0n) is 14.4. The minimum absolute atomic E-state index is 0.0313. The lowest BCUT2D eigenvalue weighted by Crippen LogP contribution is -2.51. The number of nitrogens with zero attached hydrogens (tertiary/aromatic N) is 2. The van der Waals surface area contributed by atoms with E-state index in [1.54, 1.807) is 19.1 Å². The van der Waals surface area contributed by atoms with Crippen molar-refractivity contribution in [1.29, 1.82) is 0 Å². The minimum atomic E-state index is -0.462. The fourth-order valence-electron chi connectivity index (χ4n) is 3.06. The number of hydrogen-bond donors (Lipinski definition) is 1. The number of rotatable bonds is 6. The molecule has 1 N–H and O–H groups in total. The highest BCUT2D eigenvalue weighted by Crippen LogP contribution is 2.21. The number of morpholine rings is 1. The molecule has 1 saturated heterocycles. The lowest BCUT2D eigenvalue weighted by atomic mass is 10.0. The molecule has 1 aromatic carbocycles. The highest BCUT2D eigenvalue weighted by molar-refractivity contribution is 5.96. The third-order valence-corrected chi connectivity index (χ3v) is 4.50. The largest absolute Gasteiger partial charge is 0.379 e.